The molecule has 430 valence electrons. The lowest BCUT2D eigenvalue weighted by Crippen LogP contribution is -2.30. The number of hydrogen-bond donors (Lipinski definition) is 0. The van der Waals surface area contributed by atoms with Crippen molar-refractivity contribution in [2.24, 2.45) is 0 Å². The molecule has 6 nitrogen and oxygen atoms in total. The molecule has 1 unspecified atom stereocenters. The Labute approximate surface area is 460 Å². The van der Waals surface area contributed by atoms with Gasteiger partial charge >= 0.3 is 17.9 Å². The molecule has 0 aromatic carbocycles. The molecule has 0 aliphatic rings. The predicted molar refractivity (Wildman–Crippen MR) is 321 cm³/mol. The molecule has 0 heterocycles. The summed E-state index contributed by atoms with van der Waals surface area (Å²) in [6.07, 6.45) is 79.5. The van der Waals surface area contributed by atoms with Crippen molar-refractivity contribution in [2.45, 2.75) is 341 Å². The molecule has 0 aromatic rings. The molecule has 0 bridgehead atoms. The highest BCUT2D eigenvalue weighted by atomic mass is 16.6. The summed E-state index contributed by atoms with van der Waals surface area (Å²) < 4.78 is 16.9. The van der Waals surface area contributed by atoms with Crippen LogP contribution in [0.1, 0.15) is 335 Å². The quantitative estimate of drug-likeness (QED) is 0.0261. The van der Waals surface area contributed by atoms with Gasteiger partial charge in [-0.1, -0.05) is 300 Å². The third-order valence-electron chi connectivity index (χ3n) is 14.3. The van der Waals surface area contributed by atoms with E-state index in [2.05, 4.69) is 81.5 Å². The Bertz CT molecular complexity index is 1330. The fraction of sp³-hybridized carbons (Fsp3) is 0.809. The van der Waals surface area contributed by atoms with Crippen molar-refractivity contribution in [1.29, 1.82) is 0 Å². The first-order valence-electron chi connectivity index (χ1n) is 32.3. The van der Waals surface area contributed by atoms with Gasteiger partial charge in [-0.2, -0.15) is 0 Å². The topological polar surface area (TPSA) is 78.9 Å². The van der Waals surface area contributed by atoms with E-state index in [4.69, 9.17) is 14.2 Å². The number of hydrogen-bond acceptors (Lipinski definition) is 6. The molecule has 0 aromatic heterocycles. The maximum absolute atomic E-state index is 12.9. The molecule has 74 heavy (non-hydrogen) atoms. The number of rotatable bonds is 59. The van der Waals surface area contributed by atoms with Gasteiger partial charge in [0.15, 0.2) is 6.10 Å². The van der Waals surface area contributed by atoms with E-state index < -0.39 is 6.10 Å². The van der Waals surface area contributed by atoms with Crippen molar-refractivity contribution >= 4 is 17.9 Å². The molecule has 0 aliphatic carbocycles. The third kappa shape index (κ3) is 60.0. The summed E-state index contributed by atoms with van der Waals surface area (Å²) in [4.78, 5) is 38.2. The number of allylic oxidation sites excluding steroid dienone is 10. The molecular formula is C68H122O6. The summed E-state index contributed by atoms with van der Waals surface area (Å²) in [6.45, 7) is 6.53. The van der Waals surface area contributed by atoms with Crippen molar-refractivity contribution in [3.05, 3.63) is 60.8 Å². The Kier molecular flexibility index (Phi) is 60.2. The summed E-state index contributed by atoms with van der Waals surface area (Å²) in [5.74, 6) is -0.864. The fourth-order valence-electron chi connectivity index (χ4n) is 9.42. The molecule has 1 atom stereocenters. The highest BCUT2D eigenvalue weighted by molar-refractivity contribution is 5.71. The second-order valence-electron chi connectivity index (χ2n) is 21.6. The molecule has 0 spiro atoms. The van der Waals surface area contributed by atoms with E-state index in [1.807, 2.05) is 0 Å². The zero-order valence-electron chi connectivity index (χ0n) is 49.4. The van der Waals surface area contributed by atoms with E-state index in [-0.39, 0.29) is 31.1 Å². The zero-order chi connectivity index (χ0) is 53.6. The highest BCUT2D eigenvalue weighted by Crippen LogP contribution is 2.17. The normalized spacial score (nSPS) is 12.4. The Morgan fingerprint density at radius 3 is 0.878 bits per heavy atom. The van der Waals surface area contributed by atoms with Crippen molar-refractivity contribution < 1.29 is 28.6 Å². The molecule has 0 radical (unpaired) electrons. The van der Waals surface area contributed by atoms with E-state index >= 15 is 0 Å². The summed E-state index contributed by atoms with van der Waals surface area (Å²) in [7, 11) is 0. The van der Waals surface area contributed by atoms with Gasteiger partial charge in [0.25, 0.3) is 0 Å². The number of carbonyl (C=O) groups excluding carboxylic acids is 3. The van der Waals surface area contributed by atoms with Crippen LogP contribution in [0.4, 0.5) is 0 Å². The van der Waals surface area contributed by atoms with E-state index in [0.717, 1.165) is 89.9 Å². The maximum Gasteiger partial charge on any atom is 0.306 e. The minimum Gasteiger partial charge on any atom is -0.462 e. The van der Waals surface area contributed by atoms with Crippen molar-refractivity contribution in [1.82, 2.24) is 0 Å². The molecule has 0 aliphatic heterocycles. The second kappa shape index (κ2) is 62.6. The second-order valence-corrected chi connectivity index (χ2v) is 21.6. The van der Waals surface area contributed by atoms with Gasteiger partial charge in [0, 0.05) is 19.3 Å². The number of unbranched alkanes of at least 4 members (excludes halogenated alkanes) is 38. The van der Waals surface area contributed by atoms with Crippen LogP contribution in [0.2, 0.25) is 0 Å². The van der Waals surface area contributed by atoms with E-state index in [9.17, 15) is 14.4 Å². The van der Waals surface area contributed by atoms with Crippen LogP contribution in [-0.2, 0) is 28.6 Å². The van der Waals surface area contributed by atoms with Crippen LogP contribution < -0.4 is 0 Å². The summed E-state index contributed by atoms with van der Waals surface area (Å²) >= 11 is 0. The van der Waals surface area contributed by atoms with Gasteiger partial charge in [-0.25, -0.2) is 0 Å². The van der Waals surface area contributed by atoms with Crippen LogP contribution in [0.25, 0.3) is 0 Å². The first kappa shape index (κ1) is 71.1. The monoisotopic (exact) mass is 1030 g/mol. The average molecular weight is 1040 g/mol. The molecule has 6 heteroatoms. The van der Waals surface area contributed by atoms with Gasteiger partial charge in [-0.05, 0) is 77.0 Å². The fourth-order valence-corrected chi connectivity index (χ4v) is 9.42. The maximum atomic E-state index is 12.9. The molecule has 0 rings (SSSR count). The number of esters is 3. The van der Waals surface area contributed by atoms with Gasteiger partial charge in [0.05, 0.1) is 0 Å². The molecule has 0 fully saturated rings. The Hall–Kier alpha value is -2.89. The van der Waals surface area contributed by atoms with Gasteiger partial charge in [-0.3, -0.25) is 14.4 Å². The number of ether oxygens (including phenoxy) is 3. The average Bonchev–Trinajstić information content (AvgIpc) is 3.40. The Morgan fingerprint density at radius 2 is 0.541 bits per heavy atom. The van der Waals surface area contributed by atoms with E-state index in [1.54, 1.807) is 0 Å². The Balaban J connectivity index is 4.20. The number of carbonyl (C=O) groups is 3. The minimum atomic E-state index is -0.775. The standard InChI is InChI=1S/C68H122O6/c1-4-7-10-13-16-19-22-24-26-28-30-31-32-33-34-35-36-37-38-40-41-43-46-49-52-55-58-61-67(70)73-64-65(63-72-66(69)60-57-54-51-48-45-21-18-15-12-9-6-3)74-68(71)62-59-56-53-50-47-44-42-39-29-27-25-23-20-17-14-11-8-5-2/h7,10,15-16,18-19,24,26,30-31,65H,4-6,8-9,11-14,17,20-23,25,27-29,32-64H2,1-3H3/b10-7-,18-15-,19-16-,26-24-,31-30-. The lowest BCUT2D eigenvalue weighted by molar-refractivity contribution is -0.167. The van der Waals surface area contributed by atoms with E-state index in [1.165, 1.54) is 205 Å². The largest absolute Gasteiger partial charge is 0.462 e. The molecular weight excluding hydrogens is 913 g/mol. The molecule has 0 saturated heterocycles. The SMILES string of the molecule is CC/C=C\C/C=C\C/C=C\C/C=C\CCCCCCCCCCCCCCCCC(=O)OCC(COC(=O)CCCCCCC/C=C\CCCC)OC(=O)CCCCCCCCCCCCCCCCCCCC. The highest BCUT2D eigenvalue weighted by Gasteiger charge is 2.19. The van der Waals surface area contributed by atoms with Gasteiger partial charge < -0.3 is 14.2 Å². The van der Waals surface area contributed by atoms with Gasteiger partial charge in [0.2, 0.25) is 0 Å². The summed E-state index contributed by atoms with van der Waals surface area (Å²) in [5.41, 5.74) is 0. The third-order valence-corrected chi connectivity index (χ3v) is 14.3. The molecule has 0 N–H and O–H groups in total. The van der Waals surface area contributed by atoms with Crippen molar-refractivity contribution in [2.75, 3.05) is 13.2 Å². The van der Waals surface area contributed by atoms with Crippen LogP contribution in [0.5, 0.6) is 0 Å². The summed E-state index contributed by atoms with van der Waals surface area (Å²) in [5, 5.41) is 0. The lowest BCUT2D eigenvalue weighted by atomic mass is 10.0. The molecule has 0 amide bonds. The van der Waals surface area contributed by atoms with Crippen LogP contribution in [0, 0.1) is 0 Å². The van der Waals surface area contributed by atoms with Crippen molar-refractivity contribution in [3.63, 3.8) is 0 Å². The van der Waals surface area contributed by atoms with Crippen LogP contribution in [0.3, 0.4) is 0 Å². The van der Waals surface area contributed by atoms with E-state index in [0.29, 0.717) is 19.3 Å². The predicted octanol–water partition coefficient (Wildman–Crippen LogP) is 21.9. The lowest BCUT2D eigenvalue weighted by Gasteiger charge is -2.18. The van der Waals surface area contributed by atoms with Crippen LogP contribution >= 0.6 is 0 Å². The zero-order valence-corrected chi connectivity index (χ0v) is 49.4. The van der Waals surface area contributed by atoms with Crippen molar-refractivity contribution in [3.8, 4) is 0 Å². The first-order valence-corrected chi connectivity index (χ1v) is 32.3. The first-order chi connectivity index (χ1) is 36.5. The minimum absolute atomic E-state index is 0.0729. The smallest absolute Gasteiger partial charge is 0.306 e. The van der Waals surface area contributed by atoms with Gasteiger partial charge in [0.1, 0.15) is 13.2 Å². The summed E-state index contributed by atoms with van der Waals surface area (Å²) in [6, 6.07) is 0. The van der Waals surface area contributed by atoms with Crippen LogP contribution in [0.15, 0.2) is 60.8 Å². The van der Waals surface area contributed by atoms with Crippen LogP contribution in [-0.4, -0.2) is 37.2 Å². The Morgan fingerprint density at radius 1 is 0.284 bits per heavy atom. The van der Waals surface area contributed by atoms with Gasteiger partial charge in [-0.15, -0.1) is 0 Å². The molecule has 0 saturated carbocycles.